The molecule has 2 rings (SSSR count). The van der Waals surface area contributed by atoms with Gasteiger partial charge >= 0.3 is 5.97 Å². The van der Waals surface area contributed by atoms with E-state index in [4.69, 9.17) is 9.84 Å². The van der Waals surface area contributed by atoms with E-state index in [1.54, 1.807) is 12.1 Å². The number of carbonyl (C=O) groups is 3. The fourth-order valence-corrected chi connectivity index (χ4v) is 2.08. The second-order valence-electron chi connectivity index (χ2n) is 4.67. The van der Waals surface area contributed by atoms with Gasteiger partial charge in [0.25, 0.3) is 11.8 Å². The molecule has 0 saturated heterocycles. The van der Waals surface area contributed by atoms with Crippen molar-refractivity contribution < 1.29 is 24.2 Å². The number of nitrogens with zero attached hydrogens (tertiary/aromatic N) is 1. The molecule has 1 aliphatic rings. The van der Waals surface area contributed by atoms with E-state index in [9.17, 15) is 14.4 Å². The number of rotatable bonds is 5. The molecule has 0 aromatic heterocycles. The number of carbonyl (C=O) groups excluding carboxylic acids is 2. The molecule has 2 N–H and O–H groups in total. The number of anilines is 1. The first kappa shape index (κ1) is 14.8. The van der Waals surface area contributed by atoms with Crippen LogP contribution in [-0.2, 0) is 9.59 Å². The summed E-state index contributed by atoms with van der Waals surface area (Å²) in [6.07, 6.45) is 0.663. The Labute approximate surface area is 121 Å². The van der Waals surface area contributed by atoms with Crippen LogP contribution < -0.4 is 10.1 Å². The van der Waals surface area contributed by atoms with Gasteiger partial charge in [0.15, 0.2) is 6.61 Å². The number of carboxylic acids is 1. The number of amides is 2. The second-order valence-corrected chi connectivity index (χ2v) is 4.67. The van der Waals surface area contributed by atoms with Gasteiger partial charge in [-0.15, -0.1) is 0 Å². The Morgan fingerprint density at radius 1 is 1.43 bits per heavy atom. The Kier molecular flexibility index (Phi) is 4.42. The second kappa shape index (κ2) is 6.25. The van der Waals surface area contributed by atoms with E-state index >= 15 is 0 Å². The molecule has 112 valence electrons. The summed E-state index contributed by atoms with van der Waals surface area (Å²) >= 11 is 0. The van der Waals surface area contributed by atoms with Crippen molar-refractivity contribution in [2.45, 2.75) is 13.3 Å². The Balaban J connectivity index is 2.22. The highest BCUT2D eigenvalue weighted by Crippen LogP contribution is 2.28. The zero-order valence-corrected chi connectivity index (χ0v) is 11.6. The zero-order valence-electron chi connectivity index (χ0n) is 11.6. The van der Waals surface area contributed by atoms with Crippen LogP contribution in [-0.4, -0.2) is 47.5 Å². The number of ether oxygens (including phenoxy) is 1. The van der Waals surface area contributed by atoms with Gasteiger partial charge in [0.05, 0.1) is 5.69 Å². The summed E-state index contributed by atoms with van der Waals surface area (Å²) in [5.41, 5.74) is 0.836. The predicted molar refractivity (Wildman–Crippen MR) is 74.4 cm³/mol. The van der Waals surface area contributed by atoms with E-state index in [2.05, 4.69) is 5.32 Å². The number of hydrogen-bond donors (Lipinski definition) is 2. The summed E-state index contributed by atoms with van der Waals surface area (Å²) in [5, 5.41) is 11.5. The fraction of sp³-hybridized carbons (Fsp3) is 0.357. The van der Waals surface area contributed by atoms with Crippen LogP contribution in [0, 0.1) is 0 Å². The Morgan fingerprint density at radius 2 is 2.19 bits per heavy atom. The summed E-state index contributed by atoms with van der Waals surface area (Å²) in [6.45, 7) is 1.78. The molecular weight excluding hydrogens is 276 g/mol. The summed E-state index contributed by atoms with van der Waals surface area (Å²) in [5.74, 6) is -1.27. The van der Waals surface area contributed by atoms with Gasteiger partial charge in [-0.05, 0) is 24.6 Å². The van der Waals surface area contributed by atoms with Crippen LogP contribution in [0.15, 0.2) is 18.2 Å². The summed E-state index contributed by atoms with van der Waals surface area (Å²) < 4.78 is 5.25. The molecule has 1 aromatic rings. The van der Waals surface area contributed by atoms with Gasteiger partial charge in [-0.1, -0.05) is 6.92 Å². The van der Waals surface area contributed by atoms with E-state index in [1.165, 1.54) is 11.0 Å². The third kappa shape index (κ3) is 3.50. The summed E-state index contributed by atoms with van der Waals surface area (Å²) in [7, 11) is 0. The molecule has 0 unspecified atom stereocenters. The number of carboxylic acid groups (broad SMARTS) is 1. The van der Waals surface area contributed by atoms with Crippen molar-refractivity contribution in [3.8, 4) is 5.75 Å². The molecule has 1 aromatic carbocycles. The standard InChI is InChI=1S/C14H16N2O5/c1-2-5-16(7-13(18)19)14(20)9-3-4-10-11(6-9)21-8-12(17)15-10/h3-4,6H,2,5,7-8H2,1H3,(H,15,17)(H,18,19). The molecule has 0 bridgehead atoms. The van der Waals surface area contributed by atoms with Crippen LogP contribution in [0.5, 0.6) is 5.75 Å². The molecule has 1 aliphatic heterocycles. The van der Waals surface area contributed by atoms with Crippen LogP contribution in [0.4, 0.5) is 5.69 Å². The third-order valence-electron chi connectivity index (χ3n) is 2.97. The lowest BCUT2D eigenvalue weighted by molar-refractivity contribution is -0.137. The Morgan fingerprint density at radius 3 is 2.86 bits per heavy atom. The van der Waals surface area contributed by atoms with E-state index in [1.807, 2.05) is 6.92 Å². The lowest BCUT2D eigenvalue weighted by Crippen LogP contribution is -2.36. The monoisotopic (exact) mass is 292 g/mol. The molecule has 2 amide bonds. The van der Waals surface area contributed by atoms with E-state index in [0.29, 0.717) is 30.0 Å². The molecule has 0 fully saturated rings. The van der Waals surface area contributed by atoms with Gasteiger partial charge in [-0.25, -0.2) is 0 Å². The quantitative estimate of drug-likeness (QED) is 0.842. The minimum atomic E-state index is -1.06. The van der Waals surface area contributed by atoms with Crippen molar-refractivity contribution in [1.29, 1.82) is 0 Å². The van der Waals surface area contributed by atoms with Gasteiger partial charge in [-0.3, -0.25) is 14.4 Å². The van der Waals surface area contributed by atoms with Crippen LogP contribution >= 0.6 is 0 Å². The highest BCUT2D eigenvalue weighted by atomic mass is 16.5. The fourth-order valence-electron chi connectivity index (χ4n) is 2.08. The normalized spacial score (nSPS) is 12.9. The van der Waals surface area contributed by atoms with Crippen molar-refractivity contribution in [1.82, 2.24) is 4.90 Å². The lowest BCUT2D eigenvalue weighted by Gasteiger charge is -2.22. The minimum absolute atomic E-state index is 0.0988. The first-order valence-corrected chi connectivity index (χ1v) is 6.59. The van der Waals surface area contributed by atoms with Crippen molar-refractivity contribution >= 4 is 23.5 Å². The molecule has 0 aliphatic carbocycles. The van der Waals surface area contributed by atoms with Crippen LogP contribution in [0.1, 0.15) is 23.7 Å². The van der Waals surface area contributed by atoms with Gasteiger partial charge in [0, 0.05) is 12.1 Å². The smallest absolute Gasteiger partial charge is 0.323 e. The van der Waals surface area contributed by atoms with Crippen molar-refractivity contribution in [2.75, 3.05) is 25.0 Å². The van der Waals surface area contributed by atoms with E-state index in [0.717, 1.165) is 0 Å². The third-order valence-corrected chi connectivity index (χ3v) is 2.97. The average molecular weight is 292 g/mol. The first-order chi connectivity index (χ1) is 10.0. The maximum absolute atomic E-state index is 12.3. The predicted octanol–water partition coefficient (Wildman–Crippen LogP) is 0.954. The SMILES string of the molecule is CCCN(CC(=O)O)C(=O)c1ccc2c(c1)OCC(=O)N2. The molecule has 0 radical (unpaired) electrons. The van der Waals surface area contributed by atoms with Crippen molar-refractivity contribution in [2.24, 2.45) is 0 Å². The topological polar surface area (TPSA) is 95.9 Å². The molecule has 7 nitrogen and oxygen atoms in total. The Hall–Kier alpha value is -2.57. The van der Waals surface area contributed by atoms with Crippen LogP contribution in [0.25, 0.3) is 0 Å². The highest BCUT2D eigenvalue weighted by molar-refractivity contribution is 5.99. The van der Waals surface area contributed by atoms with Gasteiger partial charge in [0.2, 0.25) is 0 Å². The van der Waals surface area contributed by atoms with E-state index < -0.39 is 5.97 Å². The molecule has 1 heterocycles. The zero-order chi connectivity index (χ0) is 15.4. The molecule has 7 heteroatoms. The number of aliphatic carboxylic acids is 1. The maximum Gasteiger partial charge on any atom is 0.323 e. The Bertz CT molecular complexity index is 585. The van der Waals surface area contributed by atoms with Crippen molar-refractivity contribution in [3.05, 3.63) is 23.8 Å². The maximum atomic E-state index is 12.3. The molecular formula is C14H16N2O5. The average Bonchev–Trinajstić information content (AvgIpc) is 2.45. The number of nitrogens with one attached hydrogen (secondary N) is 1. The number of hydrogen-bond acceptors (Lipinski definition) is 4. The summed E-state index contributed by atoms with van der Waals surface area (Å²) in [6, 6.07) is 4.63. The minimum Gasteiger partial charge on any atom is -0.482 e. The molecule has 21 heavy (non-hydrogen) atoms. The molecule has 0 atom stereocenters. The highest BCUT2D eigenvalue weighted by Gasteiger charge is 2.21. The lowest BCUT2D eigenvalue weighted by atomic mass is 10.1. The van der Waals surface area contributed by atoms with Gasteiger partial charge < -0.3 is 20.1 Å². The van der Waals surface area contributed by atoms with Crippen LogP contribution in [0.3, 0.4) is 0 Å². The molecule has 0 saturated carbocycles. The van der Waals surface area contributed by atoms with Crippen LogP contribution in [0.2, 0.25) is 0 Å². The molecule has 0 spiro atoms. The van der Waals surface area contributed by atoms with Gasteiger partial charge in [0.1, 0.15) is 12.3 Å². The number of fused-ring (bicyclic) bond motifs is 1. The largest absolute Gasteiger partial charge is 0.482 e. The summed E-state index contributed by atoms with van der Waals surface area (Å²) in [4.78, 5) is 35.6. The van der Waals surface area contributed by atoms with Crippen molar-refractivity contribution in [3.63, 3.8) is 0 Å². The first-order valence-electron chi connectivity index (χ1n) is 6.59. The van der Waals surface area contributed by atoms with Gasteiger partial charge in [-0.2, -0.15) is 0 Å². The number of benzene rings is 1. The van der Waals surface area contributed by atoms with E-state index in [-0.39, 0.29) is 25.0 Å².